The summed E-state index contributed by atoms with van der Waals surface area (Å²) in [4.78, 5) is 35.9. The van der Waals surface area contributed by atoms with Gasteiger partial charge in [0, 0.05) is 12.1 Å². The minimum absolute atomic E-state index is 0.00880. The van der Waals surface area contributed by atoms with Crippen molar-refractivity contribution < 1.29 is 28.6 Å². The second-order valence-corrected chi connectivity index (χ2v) is 7.66. The van der Waals surface area contributed by atoms with Gasteiger partial charge in [-0.3, -0.25) is 9.59 Å². The van der Waals surface area contributed by atoms with Gasteiger partial charge in [0.2, 0.25) is 0 Å². The third-order valence-corrected chi connectivity index (χ3v) is 4.44. The van der Waals surface area contributed by atoms with E-state index in [0.717, 1.165) is 5.56 Å². The van der Waals surface area contributed by atoms with E-state index in [1.54, 1.807) is 12.1 Å². The Morgan fingerprint density at radius 3 is 2.10 bits per heavy atom. The van der Waals surface area contributed by atoms with Gasteiger partial charge in [0.25, 0.3) is 5.91 Å². The molecule has 2 aromatic carbocycles. The fourth-order valence-corrected chi connectivity index (χ4v) is 2.67. The second kappa shape index (κ2) is 9.91. The summed E-state index contributed by atoms with van der Waals surface area (Å²) in [7, 11) is 2.68. The van der Waals surface area contributed by atoms with Gasteiger partial charge in [-0.25, -0.2) is 4.79 Å². The van der Waals surface area contributed by atoms with Crippen LogP contribution >= 0.6 is 0 Å². The Labute approximate surface area is 176 Å². The van der Waals surface area contributed by atoms with E-state index in [1.165, 1.54) is 32.4 Å². The van der Waals surface area contributed by atoms with Crippen molar-refractivity contribution in [2.75, 3.05) is 20.8 Å². The number of benzene rings is 2. The van der Waals surface area contributed by atoms with E-state index < -0.39 is 11.9 Å². The molecular formula is C23H27NO6. The molecule has 0 fully saturated rings. The number of rotatable bonds is 7. The zero-order chi connectivity index (χ0) is 22.3. The Hall–Kier alpha value is -3.35. The van der Waals surface area contributed by atoms with Crippen molar-refractivity contribution in [2.45, 2.75) is 32.6 Å². The molecule has 0 atom stereocenters. The minimum Gasteiger partial charge on any atom is -0.493 e. The maximum atomic E-state index is 12.2. The Kier molecular flexibility index (Phi) is 7.58. The molecule has 0 aromatic heterocycles. The molecule has 0 aliphatic carbocycles. The van der Waals surface area contributed by atoms with Crippen LogP contribution in [-0.4, -0.2) is 38.6 Å². The molecule has 0 aliphatic rings. The lowest BCUT2D eigenvalue weighted by molar-refractivity contribution is -0.134. The molecular weight excluding hydrogens is 386 g/mol. The molecule has 160 valence electrons. The van der Waals surface area contributed by atoms with Crippen LogP contribution in [0.1, 0.15) is 53.5 Å². The van der Waals surface area contributed by atoms with Gasteiger partial charge in [-0.1, -0.05) is 32.9 Å². The molecule has 7 heteroatoms. The fraction of sp³-hybridized carbons (Fsp3) is 0.348. The highest BCUT2D eigenvalue weighted by Gasteiger charge is 2.16. The zero-order valence-electron chi connectivity index (χ0n) is 17.9. The first kappa shape index (κ1) is 22.9. The van der Waals surface area contributed by atoms with Gasteiger partial charge in [-0.05, 0) is 41.3 Å². The molecule has 1 amide bonds. The van der Waals surface area contributed by atoms with Gasteiger partial charge >= 0.3 is 11.9 Å². The molecule has 0 radical (unpaired) electrons. The summed E-state index contributed by atoms with van der Waals surface area (Å²) < 4.78 is 15.1. The van der Waals surface area contributed by atoms with Crippen LogP contribution < -0.4 is 14.8 Å². The van der Waals surface area contributed by atoms with Crippen LogP contribution in [0.2, 0.25) is 0 Å². The van der Waals surface area contributed by atoms with Crippen LogP contribution in [0.4, 0.5) is 0 Å². The normalized spacial score (nSPS) is 10.8. The molecule has 2 aromatic rings. The standard InChI is InChI=1S/C23H27NO6/c1-23(2,3)17-9-6-15(7-10-17)21(26)24-13-12-20(25)30-18-11-8-16(22(27)29-5)14-19(18)28-4/h6-11,14H,12-13H2,1-5H3,(H,24,26). The summed E-state index contributed by atoms with van der Waals surface area (Å²) in [6.07, 6.45) is -0.0201. The predicted molar refractivity (Wildman–Crippen MR) is 112 cm³/mol. The number of esters is 2. The van der Waals surface area contributed by atoms with Gasteiger partial charge in [0.15, 0.2) is 11.5 Å². The average molecular weight is 413 g/mol. The monoisotopic (exact) mass is 413 g/mol. The summed E-state index contributed by atoms with van der Waals surface area (Å²) in [6.45, 7) is 6.43. The Balaban J connectivity index is 1.89. The number of methoxy groups -OCH3 is 2. The number of amides is 1. The quantitative estimate of drug-likeness (QED) is 0.552. The van der Waals surface area contributed by atoms with E-state index in [9.17, 15) is 14.4 Å². The SMILES string of the molecule is COC(=O)c1ccc(OC(=O)CCNC(=O)c2ccc(C(C)(C)C)cc2)c(OC)c1. The third-order valence-electron chi connectivity index (χ3n) is 4.44. The van der Waals surface area contributed by atoms with Gasteiger partial charge < -0.3 is 19.5 Å². The lowest BCUT2D eigenvalue weighted by Crippen LogP contribution is -2.27. The van der Waals surface area contributed by atoms with Crippen molar-refractivity contribution in [3.8, 4) is 11.5 Å². The number of ether oxygens (including phenoxy) is 3. The van der Waals surface area contributed by atoms with E-state index in [4.69, 9.17) is 9.47 Å². The van der Waals surface area contributed by atoms with Crippen LogP contribution in [0.5, 0.6) is 11.5 Å². The number of carbonyl (C=O) groups is 3. The van der Waals surface area contributed by atoms with Crippen LogP contribution in [0, 0.1) is 0 Å². The average Bonchev–Trinajstić information content (AvgIpc) is 2.72. The van der Waals surface area contributed by atoms with Gasteiger partial charge in [-0.2, -0.15) is 0 Å². The van der Waals surface area contributed by atoms with E-state index in [-0.39, 0.29) is 41.4 Å². The summed E-state index contributed by atoms with van der Waals surface area (Å²) in [5.41, 5.74) is 1.94. The number of nitrogens with one attached hydrogen (secondary N) is 1. The van der Waals surface area contributed by atoms with Crippen molar-refractivity contribution in [3.05, 3.63) is 59.2 Å². The fourth-order valence-electron chi connectivity index (χ4n) is 2.67. The molecule has 0 heterocycles. The van der Waals surface area contributed by atoms with E-state index in [0.29, 0.717) is 5.56 Å². The Bertz CT molecular complexity index is 912. The maximum absolute atomic E-state index is 12.2. The summed E-state index contributed by atoms with van der Waals surface area (Å²) >= 11 is 0. The number of carbonyl (C=O) groups excluding carboxylic acids is 3. The van der Waals surface area contributed by atoms with Crippen molar-refractivity contribution in [1.82, 2.24) is 5.32 Å². The molecule has 0 unspecified atom stereocenters. The Morgan fingerprint density at radius 2 is 1.53 bits per heavy atom. The molecule has 0 saturated heterocycles. The summed E-state index contributed by atoms with van der Waals surface area (Å²) in [6, 6.07) is 11.7. The second-order valence-electron chi connectivity index (χ2n) is 7.66. The summed E-state index contributed by atoms with van der Waals surface area (Å²) in [5.74, 6) is -0.913. The molecule has 7 nitrogen and oxygen atoms in total. The summed E-state index contributed by atoms with van der Waals surface area (Å²) in [5, 5.41) is 2.70. The highest BCUT2D eigenvalue weighted by Crippen LogP contribution is 2.28. The van der Waals surface area contributed by atoms with Crippen LogP contribution in [-0.2, 0) is 14.9 Å². The lowest BCUT2D eigenvalue weighted by Gasteiger charge is -2.19. The smallest absolute Gasteiger partial charge is 0.337 e. The topological polar surface area (TPSA) is 90.9 Å². The largest absolute Gasteiger partial charge is 0.493 e. The molecule has 2 rings (SSSR count). The molecule has 0 bridgehead atoms. The molecule has 0 saturated carbocycles. The van der Waals surface area contributed by atoms with Gasteiger partial charge in [-0.15, -0.1) is 0 Å². The number of hydrogen-bond donors (Lipinski definition) is 1. The van der Waals surface area contributed by atoms with E-state index >= 15 is 0 Å². The van der Waals surface area contributed by atoms with E-state index in [1.807, 2.05) is 12.1 Å². The van der Waals surface area contributed by atoms with Crippen molar-refractivity contribution in [3.63, 3.8) is 0 Å². The van der Waals surface area contributed by atoms with Crippen LogP contribution in [0.25, 0.3) is 0 Å². The van der Waals surface area contributed by atoms with Crippen molar-refractivity contribution in [1.29, 1.82) is 0 Å². The van der Waals surface area contributed by atoms with Crippen molar-refractivity contribution >= 4 is 17.8 Å². The molecule has 0 aliphatic heterocycles. The number of hydrogen-bond acceptors (Lipinski definition) is 6. The highest BCUT2D eigenvalue weighted by molar-refractivity contribution is 5.94. The molecule has 30 heavy (non-hydrogen) atoms. The van der Waals surface area contributed by atoms with Gasteiger partial charge in [0.05, 0.1) is 26.2 Å². The molecule has 1 N–H and O–H groups in total. The first-order valence-electron chi connectivity index (χ1n) is 9.51. The first-order chi connectivity index (χ1) is 14.2. The van der Waals surface area contributed by atoms with E-state index in [2.05, 4.69) is 30.8 Å². The highest BCUT2D eigenvalue weighted by atomic mass is 16.6. The van der Waals surface area contributed by atoms with Crippen LogP contribution in [0.15, 0.2) is 42.5 Å². The third kappa shape index (κ3) is 6.07. The van der Waals surface area contributed by atoms with Crippen LogP contribution in [0.3, 0.4) is 0 Å². The van der Waals surface area contributed by atoms with Gasteiger partial charge in [0.1, 0.15) is 0 Å². The minimum atomic E-state index is -0.539. The maximum Gasteiger partial charge on any atom is 0.337 e. The Morgan fingerprint density at radius 1 is 0.900 bits per heavy atom. The lowest BCUT2D eigenvalue weighted by atomic mass is 9.87. The molecule has 0 spiro atoms. The first-order valence-corrected chi connectivity index (χ1v) is 9.51. The van der Waals surface area contributed by atoms with Crippen molar-refractivity contribution in [2.24, 2.45) is 0 Å². The zero-order valence-corrected chi connectivity index (χ0v) is 17.9. The predicted octanol–water partition coefficient (Wildman–Crippen LogP) is 3.50.